The second-order valence-electron chi connectivity index (χ2n) is 7.07. The summed E-state index contributed by atoms with van der Waals surface area (Å²) < 4.78 is 0. The van der Waals surface area contributed by atoms with E-state index in [4.69, 9.17) is 0 Å². The van der Waals surface area contributed by atoms with E-state index in [1.165, 1.54) is 0 Å². The molecular formula is C18H22N4O2. The Morgan fingerprint density at radius 1 is 1.29 bits per heavy atom. The molecule has 126 valence electrons. The van der Waals surface area contributed by atoms with Crippen LogP contribution < -0.4 is 10.6 Å². The number of aryl methyl sites for hydroxylation is 1. The van der Waals surface area contributed by atoms with E-state index in [1.54, 1.807) is 0 Å². The molecule has 0 bridgehead atoms. The first-order valence-corrected chi connectivity index (χ1v) is 8.61. The number of nitrogens with one attached hydrogen (secondary N) is 3. The molecule has 0 radical (unpaired) electrons. The van der Waals surface area contributed by atoms with Gasteiger partial charge in [-0.2, -0.15) is 0 Å². The SMILES string of the molecule is Cc1ccc2nc(CNC(=O)C3(C(=O)NC4CC4)CCC3)[nH]c2c1. The number of H-pyrrole nitrogens is 1. The molecule has 3 N–H and O–H groups in total. The molecule has 0 atom stereocenters. The van der Waals surface area contributed by atoms with Crippen LogP contribution in [0, 0.1) is 12.3 Å². The van der Waals surface area contributed by atoms with Gasteiger partial charge in [0.25, 0.3) is 0 Å². The van der Waals surface area contributed by atoms with Gasteiger partial charge in [-0.15, -0.1) is 0 Å². The van der Waals surface area contributed by atoms with Gasteiger partial charge in [-0.3, -0.25) is 9.59 Å². The number of fused-ring (bicyclic) bond motifs is 1. The van der Waals surface area contributed by atoms with Crippen LogP contribution in [0.5, 0.6) is 0 Å². The van der Waals surface area contributed by atoms with Crippen LogP contribution in [0.2, 0.25) is 0 Å². The van der Waals surface area contributed by atoms with Gasteiger partial charge in [0, 0.05) is 6.04 Å². The van der Waals surface area contributed by atoms with Crippen LogP contribution in [0.25, 0.3) is 11.0 Å². The van der Waals surface area contributed by atoms with Crippen LogP contribution in [0.4, 0.5) is 0 Å². The van der Waals surface area contributed by atoms with Crippen molar-refractivity contribution >= 4 is 22.8 Å². The fourth-order valence-corrected chi connectivity index (χ4v) is 3.23. The molecule has 24 heavy (non-hydrogen) atoms. The Hall–Kier alpha value is -2.37. The van der Waals surface area contributed by atoms with Gasteiger partial charge in [0.15, 0.2) is 0 Å². The Morgan fingerprint density at radius 2 is 2.08 bits per heavy atom. The normalized spacial score (nSPS) is 18.9. The molecule has 2 saturated carbocycles. The average Bonchev–Trinajstić information content (AvgIpc) is 3.21. The molecule has 4 rings (SSSR count). The molecular weight excluding hydrogens is 304 g/mol. The Kier molecular flexibility index (Phi) is 3.55. The zero-order chi connectivity index (χ0) is 16.7. The van der Waals surface area contributed by atoms with Gasteiger partial charge in [-0.25, -0.2) is 4.98 Å². The van der Waals surface area contributed by atoms with E-state index in [-0.39, 0.29) is 17.9 Å². The van der Waals surface area contributed by atoms with E-state index in [0.29, 0.717) is 25.2 Å². The Balaban J connectivity index is 1.43. The van der Waals surface area contributed by atoms with Crippen LogP contribution in [-0.4, -0.2) is 27.8 Å². The lowest BCUT2D eigenvalue weighted by Gasteiger charge is -2.38. The van der Waals surface area contributed by atoms with E-state index in [9.17, 15) is 9.59 Å². The first-order chi connectivity index (χ1) is 11.6. The molecule has 6 nitrogen and oxygen atoms in total. The van der Waals surface area contributed by atoms with Crippen molar-refractivity contribution in [2.45, 2.75) is 51.6 Å². The number of carbonyl (C=O) groups excluding carboxylic acids is 2. The molecule has 0 aliphatic heterocycles. The molecule has 6 heteroatoms. The summed E-state index contributed by atoms with van der Waals surface area (Å²) in [5.41, 5.74) is 2.14. The molecule has 2 aromatic rings. The highest BCUT2D eigenvalue weighted by atomic mass is 16.2. The summed E-state index contributed by atoms with van der Waals surface area (Å²) in [7, 11) is 0. The maximum Gasteiger partial charge on any atom is 0.236 e. The van der Waals surface area contributed by atoms with Crippen molar-refractivity contribution in [2.75, 3.05) is 0 Å². The van der Waals surface area contributed by atoms with E-state index >= 15 is 0 Å². The van der Waals surface area contributed by atoms with Gasteiger partial charge in [0.2, 0.25) is 11.8 Å². The summed E-state index contributed by atoms with van der Waals surface area (Å²) in [6.45, 7) is 2.34. The first kappa shape index (κ1) is 15.2. The number of aromatic amines is 1. The summed E-state index contributed by atoms with van der Waals surface area (Å²) in [4.78, 5) is 32.8. The van der Waals surface area contributed by atoms with Crippen molar-refractivity contribution in [3.8, 4) is 0 Å². The molecule has 2 aliphatic rings. The highest BCUT2D eigenvalue weighted by Gasteiger charge is 2.51. The van der Waals surface area contributed by atoms with E-state index in [1.807, 2.05) is 25.1 Å². The molecule has 0 saturated heterocycles. The molecule has 1 heterocycles. The molecule has 2 amide bonds. The third kappa shape index (κ3) is 2.66. The first-order valence-electron chi connectivity index (χ1n) is 8.61. The van der Waals surface area contributed by atoms with Crippen molar-refractivity contribution < 1.29 is 9.59 Å². The summed E-state index contributed by atoms with van der Waals surface area (Å²) in [5.74, 6) is 0.429. The second kappa shape index (κ2) is 5.61. The van der Waals surface area contributed by atoms with Gasteiger partial charge in [0.1, 0.15) is 11.2 Å². The lowest BCUT2D eigenvalue weighted by atomic mass is 9.67. The molecule has 2 fully saturated rings. The van der Waals surface area contributed by atoms with Crippen LogP contribution in [0.1, 0.15) is 43.5 Å². The van der Waals surface area contributed by atoms with E-state index < -0.39 is 5.41 Å². The summed E-state index contributed by atoms with van der Waals surface area (Å²) >= 11 is 0. The van der Waals surface area contributed by atoms with Crippen molar-refractivity contribution in [2.24, 2.45) is 5.41 Å². The molecule has 2 aliphatic carbocycles. The topological polar surface area (TPSA) is 86.9 Å². The van der Waals surface area contributed by atoms with Crippen LogP contribution in [0.15, 0.2) is 18.2 Å². The number of carbonyl (C=O) groups is 2. The third-order valence-electron chi connectivity index (χ3n) is 5.09. The predicted octanol–water partition coefficient (Wildman–Crippen LogP) is 1.94. The lowest BCUT2D eigenvalue weighted by Crippen LogP contribution is -2.55. The standard InChI is InChI=1S/C18H22N4O2/c1-11-3-6-13-14(9-11)22-15(21-13)10-19-16(23)18(7-2-8-18)17(24)20-12-4-5-12/h3,6,9,12H,2,4-5,7-8,10H2,1H3,(H,19,23)(H,20,24)(H,21,22). The predicted molar refractivity (Wildman–Crippen MR) is 90.1 cm³/mol. The summed E-state index contributed by atoms with van der Waals surface area (Å²) in [5, 5.41) is 5.88. The number of hydrogen-bond acceptors (Lipinski definition) is 3. The zero-order valence-corrected chi connectivity index (χ0v) is 13.8. The van der Waals surface area contributed by atoms with Crippen LogP contribution >= 0.6 is 0 Å². The Labute approximate surface area is 140 Å². The number of benzene rings is 1. The highest BCUT2D eigenvalue weighted by Crippen LogP contribution is 2.42. The second-order valence-corrected chi connectivity index (χ2v) is 7.07. The fraction of sp³-hybridized carbons (Fsp3) is 0.500. The Bertz CT molecular complexity index is 802. The van der Waals surface area contributed by atoms with Crippen molar-refractivity contribution in [1.29, 1.82) is 0 Å². The van der Waals surface area contributed by atoms with E-state index in [0.717, 1.165) is 35.9 Å². The highest BCUT2D eigenvalue weighted by molar-refractivity contribution is 6.06. The van der Waals surface area contributed by atoms with Crippen LogP contribution in [-0.2, 0) is 16.1 Å². The smallest absolute Gasteiger partial charge is 0.236 e. The molecule has 0 unspecified atom stereocenters. The quantitative estimate of drug-likeness (QED) is 0.734. The van der Waals surface area contributed by atoms with Gasteiger partial charge >= 0.3 is 0 Å². The van der Waals surface area contributed by atoms with Crippen molar-refractivity contribution in [1.82, 2.24) is 20.6 Å². The lowest BCUT2D eigenvalue weighted by molar-refractivity contribution is -0.149. The fourth-order valence-electron chi connectivity index (χ4n) is 3.23. The van der Waals surface area contributed by atoms with E-state index in [2.05, 4.69) is 20.6 Å². The maximum absolute atomic E-state index is 12.6. The third-order valence-corrected chi connectivity index (χ3v) is 5.09. The average molecular weight is 326 g/mol. The Morgan fingerprint density at radius 3 is 2.75 bits per heavy atom. The van der Waals surface area contributed by atoms with Gasteiger partial charge < -0.3 is 15.6 Å². The van der Waals surface area contributed by atoms with Gasteiger partial charge in [0.05, 0.1) is 17.6 Å². The minimum Gasteiger partial charge on any atom is -0.352 e. The molecule has 0 spiro atoms. The number of amides is 2. The van der Waals surface area contributed by atoms with Crippen LogP contribution in [0.3, 0.4) is 0 Å². The largest absolute Gasteiger partial charge is 0.352 e. The number of aromatic nitrogens is 2. The van der Waals surface area contributed by atoms with Gasteiger partial charge in [-0.05, 0) is 50.3 Å². The maximum atomic E-state index is 12.6. The minimum absolute atomic E-state index is 0.103. The molecule has 1 aromatic carbocycles. The molecule has 1 aromatic heterocycles. The summed E-state index contributed by atoms with van der Waals surface area (Å²) in [6, 6.07) is 6.28. The van der Waals surface area contributed by atoms with Crippen molar-refractivity contribution in [3.63, 3.8) is 0 Å². The minimum atomic E-state index is -0.870. The number of nitrogens with zero attached hydrogens (tertiary/aromatic N) is 1. The number of imidazole rings is 1. The van der Waals surface area contributed by atoms with Gasteiger partial charge in [-0.1, -0.05) is 12.5 Å². The zero-order valence-electron chi connectivity index (χ0n) is 13.8. The number of hydrogen-bond donors (Lipinski definition) is 3. The monoisotopic (exact) mass is 326 g/mol. The number of rotatable bonds is 5. The summed E-state index contributed by atoms with van der Waals surface area (Å²) in [6.07, 6.45) is 4.26. The van der Waals surface area contributed by atoms with Crippen molar-refractivity contribution in [3.05, 3.63) is 29.6 Å².